The van der Waals surface area contributed by atoms with Gasteiger partial charge in [0.2, 0.25) is 0 Å². The minimum atomic E-state index is -0.449. The largest absolute Gasteiger partial charge is 0.332 e. The number of rotatable bonds is 4. The maximum Gasteiger partial charge on any atom is 0.261 e. The van der Waals surface area contributed by atoms with E-state index in [1.165, 1.54) is 11.0 Å². The van der Waals surface area contributed by atoms with Crippen LogP contribution in [0.3, 0.4) is 0 Å². The first-order valence-electron chi connectivity index (χ1n) is 8.66. The maximum atomic E-state index is 12.9. The minimum Gasteiger partial charge on any atom is -0.332 e. The van der Waals surface area contributed by atoms with Crippen LogP contribution in [0.25, 0.3) is 10.9 Å². The zero-order valence-corrected chi connectivity index (χ0v) is 17.8. The molecule has 1 aromatic heterocycles. The number of carbonyl (C=O) groups excluding carboxylic acids is 1. The zero-order valence-electron chi connectivity index (χ0n) is 15.5. The summed E-state index contributed by atoms with van der Waals surface area (Å²) in [5, 5.41) is 1.61. The van der Waals surface area contributed by atoms with Gasteiger partial charge in [-0.15, -0.1) is 0 Å². The molecule has 2 aromatic carbocycles. The molecule has 0 radical (unpaired) electrons. The molecular weight excluding hydrogens is 421 g/mol. The topological polar surface area (TPSA) is 55.2 Å². The lowest BCUT2D eigenvalue weighted by Gasteiger charge is -2.27. The van der Waals surface area contributed by atoms with Gasteiger partial charge in [0.05, 0.1) is 27.0 Å². The van der Waals surface area contributed by atoms with Gasteiger partial charge in [0, 0.05) is 24.2 Å². The van der Waals surface area contributed by atoms with Crippen molar-refractivity contribution in [1.29, 1.82) is 0 Å². The molecule has 0 aliphatic heterocycles. The monoisotopic (exact) mass is 437 g/mol. The lowest BCUT2D eigenvalue weighted by molar-refractivity contribution is 0.0733. The molecule has 3 aromatic rings. The number of benzene rings is 2. The van der Waals surface area contributed by atoms with E-state index >= 15 is 0 Å². The van der Waals surface area contributed by atoms with Gasteiger partial charge < -0.3 is 4.90 Å². The van der Waals surface area contributed by atoms with Crippen LogP contribution < -0.4 is 5.56 Å². The van der Waals surface area contributed by atoms with Crippen molar-refractivity contribution in [3.8, 4) is 0 Å². The minimum absolute atomic E-state index is 0.188. The third-order valence-corrected chi connectivity index (χ3v) is 5.68. The van der Waals surface area contributed by atoms with Crippen LogP contribution in [0.2, 0.25) is 15.1 Å². The Balaban J connectivity index is 2.05. The standard InChI is InChI=1S/C20H18Cl3N3O2/c1-4-26-18(24-17-8-6-13(21)10-14(17)20(26)28)11(2)25(3)19(27)12-5-7-15(22)16(23)9-12/h5-11H,4H2,1-3H3. The predicted molar refractivity (Wildman–Crippen MR) is 114 cm³/mol. The normalized spacial score (nSPS) is 12.2. The quantitative estimate of drug-likeness (QED) is 0.562. The van der Waals surface area contributed by atoms with Crippen LogP contribution in [0.15, 0.2) is 41.2 Å². The van der Waals surface area contributed by atoms with E-state index in [9.17, 15) is 9.59 Å². The van der Waals surface area contributed by atoms with Crippen molar-refractivity contribution in [1.82, 2.24) is 14.5 Å². The average molecular weight is 439 g/mol. The van der Waals surface area contributed by atoms with E-state index in [0.29, 0.717) is 43.9 Å². The average Bonchev–Trinajstić information content (AvgIpc) is 2.68. The molecule has 8 heteroatoms. The molecule has 146 valence electrons. The van der Waals surface area contributed by atoms with E-state index in [1.54, 1.807) is 41.9 Å². The lowest BCUT2D eigenvalue weighted by Crippen LogP contribution is -2.35. The molecule has 0 saturated carbocycles. The van der Waals surface area contributed by atoms with Crippen molar-refractivity contribution < 1.29 is 4.79 Å². The van der Waals surface area contributed by atoms with E-state index in [0.717, 1.165) is 0 Å². The third kappa shape index (κ3) is 3.75. The second kappa shape index (κ2) is 8.11. The number of hydrogen-bond donors (Lipinski definition) is 0. The molecule has 0 saturated heterocycles. The molecule has 0 spiro atoms. The molecule has 0 aliphatic rings. The summed E-state index contributed by atoms with van der Waals surface area (Å²) in [4.78, 5) is 32.0. The number of carbonyl (C=O) groups is 1. The molecule has 0 bridgehead atoms. The fourth-order valence-corrected chi connectivity index (χ4v) is 3.49. The van der Waals surface area contributed by atoms with Crippen LogP contribution in [-0.2, 0) is 6.54 Å². The molecule has 5 nitrogen and oxygen atoms in total. The van der Waals surface area contributed by atoms with Crippen LogP contribution in [-0.4, -0.2) is 27.4 Å². The van der Waals surface area contributed by atoms with E-state index in [4.69, 9.17) is 34.8 Å². The summed E-state index contributed by atoms with van der Waals surface area (Å²) >= 11 is 18.0. The van der Waals surface area contributed by atoms with Crippen molar-refractivity contribution in [3.63, 3.8) is 0 Å². The van der Waals surface area contributed by atoms with Gasteiger partial charge in [-0.3, -0.25) is 14.2 Å². The van der Waals surface area contributed by atoms with Crippen molar-refractivity contribution in [2.45, 2.75) is 26.4 Å². The van der Waals surface area contributed by atoms with Crippen molar-refractivity contribution in [3.05, 3.63) is 73.2 Å². The van der Waals surface area contributed by atoms with Gasteiger partial charge in [-0.05, 0) is 50.2 Å². The highest BCUT2D eigenvalue weighted by atomic mass is 35.5. The zero-order chi connectivity index (χ0) is 20.6. The van der Waals surface area contributed by atoms with Crippen molar-refractivity contribution in [2.75, 3.05) is 7.05 Å². The number of halogens is 3. The first kappa shape index (κ1) is 20.6. The lowest BCUT2D eigenvalue weighted by atomic mass is 10.1. The van der Waals surface area contributed by atoms with E-state index in [1.807, 2.05) is 13.8 Å². The summed E-state index contributed by atoms with van der Waals surface area (Å²) in [5.41, 5.74) is 0.755. The number of aromatic nitrogens is 2. The predicted octanol–water partition coefficient (Wildman–Crippen LogP) is 5.21. The van der Waals surface area contributed by atoms with E-state index in [-0.39, 0.29) is 11.5 Å². The molecule has 0 aliphatic carbocycles. The number of hydrogen-bond acceptors (Lipinski definition) is 3. The second-order valence-corrected chi connectivity index (χ2v) is 7.65. The van der Waals surface area contributed by atoms with Gasteiger partial charge in [0.15, 0.2) is 0 Å². The summed E-state index contributed by atoms with van der Waals surface area (Å²) in [5.74, 6) is 0.248. The molecular formula is C20H18Cl3N3O2. The van der Waals surface area contributed by atoms with Crippen LogP contribution in [0, 0.1) is 0 Å². The Morgan fingerprint density at radius 3 is 2.50 bits per heavy atom. The highest BCUT2D eigenvalue weighted by Gasteiger charge is 2.24. The van der Waals surface area contributed by atoms with Crippen molar-refractivity contribution >= 4 is 51.6 Å². The SMILES string of the molecule is CCn1c(C(C)N(C)C(=O)c2ccc(Cl)c(Cl)c2)nc2ccc(Cl)cc2c1=O. The number of nitrogens with zero attached hydrogens (tertiary/aromatic N) is 3. The Morgan fingerprint density at radius 1 is 1.14 bits per heavy atom. The van der Waals surface area contributed by atoms with Gasteiger partial charge >= 0.3 is 0 Å². The fourth-order valence-electron chi connectivity index (χ4n) is 3.02. The molecule has 3 rings (SSSR count). The van der Waals surface area contributed by atoms with Crippen LogP contribution in [0.5, 0.6) is 0 Å². The molecule has 28 heavy (non-hydrogen) atoms. The van der Waals surface area contributed by atoms with Gasteiger partial charge in [-0.2, -0.15) is 0 Å². The maximum absolute atomic E-state index is 12.9. The smallest absolute Gasteiger partial charge is 0.261 e. The summed E-state index contributed by atoms with van der Waals surface area (Å²) in [6.45, 7) is 4.10. The highest BCUT2D eigenvalue weighted by Crippen LogP contribution is 2.26. The Kier molecular flexibility index (Phi) is 5.98. The third-order valence-electron chi connectivity index (χ3n) is 4.70. The fraction of sp³-hybridized carbons (Fsp3) is 0.250. The molecule has 1 heterocycles. The second-order valence-electron chi connectivity index (χ2n) is 6.40. The number of fused-ring (bicyclic) bond motifs is 1. The van der Waals surface area contributed by atoms with Gasteiger partial charge in [0.1, 0.15) is 5.82 Å². The van der Waals surface area contributed by atoms with Gasteiger partial charge in [-0.1, -0.05) is 34.8 Å². The Bertz CT molecular complexity index is 1130. The summed E-state index contributed by atoms with van der Waals surface area (Å²) in [7, 11) is 1.66. The molecule has 1 amide bonds. The summed E-state index contributed by atoms with van der Waals surface area (Å²) in [6.07, 6.45) is 0. The Morgan fingerprint density at radius 2 is 1.86 bits per heavy atom. The van der Waals surface area contributed by atoms with Crippen molar-refractivity contribution in [2.24, 2.45) is 0 Å². The van der Waals surface area contributed by atoms with Gasteiger partial charge in [-0.25, -0.2) is 4.98 Å². The molecule has 1 unspecified atom stereocenters. The van der Waals surface area contributed by atoms with Crippen LogP contribution in [0.4, 0.5) is 0 Å². The Hall–Kier alpha value is -2.08. The number of amides is 1. The molecule has 1 atom stereocenters. The summed E-state index contributed by atoms with van der Waals surface area (Å²) < 4.78 is 1.56. The van der Waals surface area contributed by atoms with Crippen LogP contribution >= 0.6 is 34.8 Å². The highest BCUT2D eigenvalue weighted by molar-refractivity contribution is 6.42. The molecule has 0 fully saturated rings. The van der Waals surface area contributed by atoms with E-state index in [2.05, 4.69) is 4.98 Å². The summed E-state index contributed by atoms with van der Waals surface area (Å²) in [6, 6.07) is 9.27. The Labute approximate surface area is 177 Å². The van der Waals surface area contributed by atoms with Crippen LogP contribution in [0.1, 0.15) is 36.1 Å². The van der Waals surface area contributed by atoms with Gasteiger partial charge in [0.25, 0.3) is 11.5 Å². The molecule has 0 N–H and O–H groups in total. The first-order chi connectivity index (χ1) is 13.2. The first-order valence-corrected chi connectivity index (χ1v) is 9.80. The van der Waals surface area contributed by atoms with E-state index < -0.39 is 6.04 Å².